The van der Waals surface area contributed by atoms with Crippen molar-refractivity contribution in [2.45, 2.75) is 31.7 Å². The third-order valence-corrected chi connectivity index (χ3v) is 4.42. The number of aromatic nitrogens is 3. The molecule has 0 aromatic carbocycles. The van der Waals surface area contributed by atoms with Gasteiger partial charge in [-0.25, -0.2) is 4.68 Å². The van der Waals surface area contributed by atoms with Gasteiger partial charge in [-0.2, -0.15) is 5.10 Å². The van der Waals surface area contributed by atoms with Crippen molar-refractivity contribution in [2.75, 3.05) is 11.9 Å². The van der Waals surface area contributed by atoms with E-state index in [0.29, 0.717) is 6.04 Å². The Hall–Kier alpha value is -1.84. The average molecular weight is 254 g/mol. The molecule has 4 rings (SSSR count). The summed E-state index contributed by atoms with van der Waals surface area (Å²) in [5.74, 6) is 1.92. The standard InChI is InChI=1S/C15H18N4/c1-2-6-14-12(4-1)10-17-15-8-13(18-19(14)15)11-5-3-7-16-9-11/h3,5,7-9,12,14,17H,1-2,4,6,10H2. The maximum absolute atomic E-state index is 4.82. The Bertz CT molecular complexity index is 575. The highest BCUT2D eigenvalue weighted by Crippen LogP contribution is 2.39. The quantitative estimate of drug-likeness (QED) is 0.850. The van der Waals surface area contributed by atoms with Crippen LogP contribution in [0.25, 0.3) is 11.3 Å². The largest absolute Gasteiger partial charge is 0.370 e. The molecule has 4 heteroatoms. The highest BCUT2D eigenvalue weighted by molar-refractivity contribution is 5.62. The molecule has 1 fully saturated rings. The summed E-state index contributed by atoms with van der Waals surface area (Å²) < 4.78 is 2.22. The Labute approximate surface area is 112 Å². The molecule has 1 saturated carbocycles. The number of fused-ring (bicyclic) bond motifs is 3. The number of hydrogen-bond acceptors (Lipinski definition) is 3. The lowest BCUT2D eigenvalue weighted by Crippen LogP contribution is -2.34. The van der Waals surface area contributed by atoms with E-state index in [2.05, 4.69) is 27.1 Å². The third kappa shape index (κ3) is 1.82. The molecular formula is C15H18N4. The van der Waals surface area contributed by atoms with Gasteiger partial charge >= 0.3 is 0 Å². The summed E-state index contributed by atoms with van der Waals surface area (Å²) in [7, 11) is 0. The Balaban J connectivity index is 1.73. The van der Waals surface area contributed by atoms with Gasteiger partial charge in [0.15, 0.2) is 0 Å². The van der Waals surface area contributed by atoms with Crippen LogP contribution in [0.4, 0.5) is 5.82 Å². The van der Waals surface area contributed by atoms with E-state index in [1.807, 2.05) is 12.3 Å². The Morgan fingerprint density at radius 1 is 1.26 bits per heavy atom. The van der Waals surface area contributed by atoms with Gasteiger partial charge in [0.05, 0.1) is 11.7 Å². The van der Waals surface area contributed by atoms with Crippen LogP contribution in [0.1, 0.15) is 31.7 Å². The van der Waals surface area contributed by atoms with Crippen LogP contribution < -0.4 is 5.32 Å². The fourth-order valence-electron chi connectivity index (χ4n) is 3.42. The molecule has 0 amide bonds. The fraction of sp³-hybridized carbons (Fsp3) is 0.467. The van der Waals surface area contributed by atoms with Crippen molar-refractivity contribution in [3.05, 3.63) is 30.6 Å². The molecule has 4 nitrogen and oxygen atoms in total. The molecule has 2 aromatic heterocycles. The smallest absolute Gasteiger partial charge is 0.125 e. The van der Waals surface area contributed by atoms with Crippen LogP contribution in [0.15, 0.2) is 30.6 Å². The summed E-state index contributed by atoms with van der Waals surface area (Å²) in [4.78, 5) is 4.18. The molecule has 2 unspecified atom stereocenters. The number of pyridine rings is 1. The second kappa shape index (κ2) is 4.37. The van der Waals surface area contributed by atoms with Crippen molar-refractivity contribution in [2.24, 2.45) is 5.92 Å². The lowest BCUT2D eigenvalue weighted by atomic mass is 9.83. The molecule has 2 aliphatic rings. The molecule has 1 aliphatic carbocycles. The molecule has 0 bridgehead atoms. The summed E-state index contributed by atoms with van der Waals surface area (Å²) in [5.41, 5.74) is 2.13. The van der Waals surface area contributed by atoms with Crippen LogP contribution in [0.2, 0.25) is 0 Å². The molecule has 2 atom stereocenters. The Morgan fingerprint density at radius 2 is 2.21 bits per heavy atom. The monoisotopic (exact) mass is 254 g/mol. The zero-order valence-electron chi connectivity index (χ0n) is 10.9. The predicted molar refractivity (Wildman–Crippen MR) is 74.9 cm³/mol. The van der Waals surface area contributed by atoms with Crippen LogP contribution in [0.3, 0.4) is 0 Å². The molecule has 1 N–H and O–H groups in total. The summed E-state index contributed by atoms with van der Waals surface area (Å²) >= 11 is 0. The van der Waals surface area contributed by atoms with E-state index < -0.39 is 0 Å². The number of nitrogens with one attached hydrogen (secondary N) is 1. The van der Waals surface area contributed by atoms with Gasteiger partial charge < -0.3 is 5.32 Å². The van der Waals surface area contributed by atoms with Gasteiger partial charge in [-0.15, -0.1) is 0 Å². The first kappa shape index (κ1) is 11.0. The molecule has 98 valence electrons. The van der Waals surface area contributed by atoms with E-state index in [-0.39, 0.29) is 0 Å². The SMILES string of the molecule is c1cncc(-c2cc3n(n2)C2CCCCC2CN3)c1. The van der Waals surface area contributed by atoms with E-state index in [0.717, 1.165) is 23.7 Å². The molecule has 1 aliphatic heterocycles. The molecule has 3 heterocycles. The Morgan fingerprint density at radius 3 is 3.11 bits per heavy atom. The van der Waals surface area contributed by atoms with E-state index in [1.165, 1.54) is 31.5 Å². The van der Waals surface area contributed by atoms with Crippen molar-refractivity contribution in [3.8, 4) is 11.3 Å². The van der Waals surface area contributed by atoms with Crippen LogP contribution in [-0.4, -0.2) is 21.3 Å². The first-order valence-electron chi connectivity index (χ1n) is 7.15. The van der Waals surface area contributed by atoms with Crippen molar-refractivity contribution >= 4 is 5.82 Å². The number of anilines is 1. The van der Waals surface area contributed by atoms with Gasteiger partial charge in [0.1, 0.15) is 5.82 Å². The maximum atomic E-state index is 4.82. The first-order valence-corrected chi connectivity index (χ1v) is 7.15. The lowest BCUT2D eigenvalue weighted by Gasteiger charge is -2.36. The van der Waals surface area contributed by atoms with Crippen molar-refractivity contribution < 1.29 is 0 Å². The van der Waals surface area contributed by atoms with E-state index in [4.69, 9.17) is 5.10 Å². The van der Waals surface area contributed by atoms with Gasteiger partial charge in [-0.05, 0) is 30.9 Å². The number of hydrogen-bond donors (Lipinski definition) is 1. The molecule has 0 spiro atoms. The minimum absolute atomic E-state index is 0.593. The average Bonchev–Trinajstić information content (AvgIpc) is 2.93. The zero-order valence-corrected chi connectivity index (χ0v) is 10.9. The zero-order chi connectivity index (χ0) is 12.7. The van der Waals surface area contributed by atoms with Crippen LogP contribution in [-0.2, 0) is 0 Å². The van der Waals surface area contributed by atoms with Crippen LogP contribution in [0, 0.1) is 5.92 Å². The lowest BCUT2D eigenvalue weighted by molar-refractivity contribution is 0.223. The molecule has 19 heavy (non-hydrogen) atoms. The van der Waals surface area contributed by atoms with E-state index in [1.54, 1.807) is 6.20 Å². The third-order valence-electron chi connectivity index (χ3n) is 4.42. The van der Waals surface area contributed by atoms with Crippen molar-refractivity contribution in [1.29, 1.82) is 0 Å². The second-order valence-corrected chi connectivity index (χ2v) is 5.59. The van der Waals surface area contributed by atoms with E-state index >= 15 is 0 Å². The second-order valence-electron chi connectivity index (χ2n) is 5.59. The fourth-order valence-corrected chi connectivity index (χ4v) is 3.42. The predicted octanol–water partition coefficient (Wildman–Crippen LogP) is 3.10. The summed E-state index contributed by atoms with van der Waals surface area (Å²) in [6, 6.07) is 6.78. The van der Waals surface area contributed by atoms with E-state index in [9.17, 15) is 0 Å². The molecule has 0 radical (unpaired) electrons. The molecular weight excluding hydrogens is 236 g/mol. The van der Waals surface area contributed by atoms with Gasteiger partial charge in [0, 0.05) is 30.6 Å². The number of rotatable bonds is 1. The molecule has 2 aromatic rings. The minimum Gasteiger partial charge on any atom is -0.370 e. The highest BCUT2D eigenvalue weighted by Gasteiger charge is 2.32. The van der Waals surface area contributed by atoms with Gasteiger partial charge in [-0.1, -0.05) is 12.8 Å². The normalized spacial score (nSPS) is 25.3. The van der Waals surface area contributed by atoms with Gasteiger partial charge in [-0.3, -0.25) is 4.98 Å². The minimum atomic E-state index is 0.593. The van der Waals surface area contributed by atoms with Gasteiger partial charge in [0.2, 0.25) is 0 Å². The topological polar surface area (TPSA) is 42.7 Å². The Kier molecular flexibility index (Phi) is 2.53. The summed E-state index contributed by atoms with van der Waals surface area (Å²) in [6.07, 6.45) is 8.99. The first-order chi connectivity index (χ1) is 9.42. The maximum Gasteiger partial charge on any atom is 0.125 e. The summed E-state index contributed by atoms with van der Waals surface area (Å²) in [6.45, 7) is 1.10. The summed E-state index contributed by atoms with van der Waals surface area (Å²) in [5, 5.41) is 8.35. The number of nitrogens with zero attached hydrogens (tertiary/aromatic N) is 3. The van der Waals surface area contributed by atoms with Crippen LogP contribution >= 0.6 is 0 Å². The molecule has 0 saturated heterocycles. The highest BCUT2D eigenvalue weighted by atomic mass is 15.4. The van der Waals surface area contributed by atoms with Gasteiger partial charge in [0.25, 0.3) is 0 Å². The van der Waals surface area contributed by atoms with Crippen molar-refractivity contribution in [3.63, 3.8) is 0 Å². The van der Waals surface area contributed by atoms with Crippen LogP contribution in [0.5, 0.6) is 0 Å². The van der Waals surface area contributed by atoms with Crippen molar-refractivity contribution in [1.82, 2.24) is 14.8 Å².